The van der Waals surface area contributed by atoms with E-state index in [4.69, 9.17) is 0 Å². The molecule has 1 aromatic rings. The van der Waals surface area contributed by atoms with E-state index in [-0.39, 0.29) is 17.9 Å². The Labute approximate surface area is 121 Å². The molecule has 1 saturated heterocycles. The largest absolute Gasteiger partial charge is 0.393 e. The van der Waals surface area contributed by atoms with Gasteiger partial charge in [0.2, 0.25) is 5.91 Å². The van der Waals surface area contributed by atoms with Gasteiger partial charge in [-0.05, 0) is 38.2 Å². The van der Waals surface area contributed by atoms with Gasteiger partial charge in [0.25, 0.3) is 0 Å². The van der Waals surface area contributed by atoms with Crippen LogP contribution in [0.4, 0.5) is 0 Å². The Bertz CT molecular complexity index is 416. The van der Waals surface area contributed by atoms with Gasteiger partial charge in [-0.1, -0.05) is 30.3 Å². The van der Waals surface area contributed by atoms with Crippen LogP contribution in [0, 0.1) is 5.92 Å². The monoisotopic (exact) mass is 275 g/mol. The number of benzene rings is 1. The van der Waals surface area contributed by atoms with Crippen LogP contribution in [0.2, 0.25) is 0 Å². The molecule has 0 saturated carbocycles. The molecule has 1 aliphatic heterocycles. The molecule has 110 valence electrons. The number of piperidine rings is 1. The summed E-state index contributed by atoms with van der Waals surface area (Å²) in [6.45, 7) is 3.41. The predicted molar refractivity (Wildman–Crippen MR) is 80.4 cm³/mol. The highest BCUT2D eigenvalue weighted by Gasteiger charge is 2.25. The van der Waals surface area contributed by atoms with Crippen LogP contribution in [-0.2, 0) is 11.2 Å². The number of aliphatic hydroxyl groups is 1. The predicted octanol–water partition coefficient (Wildman–Crippen LogP) is 2.63. The minimum atomic E-state index is -0.310. The molecule has 1 fully saturated rings. The van der Waals surface area contributed by atoms with Crippen LogP contribution >= 0.6 is 0 Å². The molecule has 0 aromatic heterocycles. The number of aliphatic hydroxyl groups excluding tert-OH is 1. The number of amides is 1. The van der Waals surface area contributed by atoms with Crippen molar-refractivity contribution in [2.75, 3.05) is 13.1 Å². The van der Waals surface area contributed by atoms with Crippen LogP contribution in [0.3, 0.4) is 0 Å². The van der Waals surface area contributed by atoms with Gasteiger partial charge in [-0.15, -0.1) is 0 Å². The Morgan fingerprint density at radius 1 is 1.40 bits per heavy atom. The van der Waals surface area contributed by atoms with Crippen molar-refractivity contribution in [3.8, 4) is 0 Å². The number of aryl methyl sites for hydroxylation is 1. The molecule has 1 N–H and O–H groups in total. The molecule has 0 aliphatic carbocycles. The van der Waals surface area contributed by atoms with Crippen molar-refractivity contribution in [2.45, 2.75) is 45.1 Å². The Hall–Kier alpha value is -1.35. The van der Waals surface area contributed by atoms with E-state index in [1.54, 1.807) is 0 Å². The first kappa shape index (κ1) is 15.0. The van der Waals surface area contributed by atoms with Crippen molar-refractivity contribution in [1.82, 2.24) is 4.90 Å². The Balaban J connectivity index is 1.74. The zero-order valence-corrected chi connectivity index (χ0v) is 12.3. The Kier molecular flexibility index (Phi) is 5.60. The lowest BCUT2D eigenvalue weighted by atomic mass is 9.93. The Morgan fingerprint density at radius 2 is 2.15 bits per heavy atom. The van der Waals surface area contributed by atoms with Crippen molar-refractivity contribution in [2.24, 2.45) is 5.92 Å². The maximum absolute atomic E-state index is 12.2. The molecule has 1 amide bonds. The third-order valence-corrected chi connectivity index (χ3v) is 4.19. The summed E-state index contributed by atoms with van der Waals surface area (Å²) in [6, 6.07) is 10.3. The van der Waals surface area contributed by atoms with Crippen LogP contribution in [0.1, 0.15) is 38.2 Å². The van der Waals surface area contributed by atoms with E-state index in [0.29, 0.717) is 6.42 Å². The van der Waals surface area contributed by atoms with Gasteiger partial charge in [-0.3, -0.25) is 4.79 Å². The van der Waals surface area contributed by atoms with Gasteiger partial charge in [0.15, 0.2) is 0 Å². The molecular formula is C17H25NO2. The van der Waals surface area contributed by atoms with Crippen molar-refractivity contribution in [3.63, 3.8) is 0 Å². The molecule has 2 rings (SSSR count). The highest BCUT2D eigenvalue weighted by atomic mass is 16.3. The number of hydrogen-bond donors (Lipinski definition) is 1. The zero-order valence-electron chi connectivity index (χ0n) is 12.3. The minimum absolute atomic E-state index is 0.242. The molecular weight excluding hydrogens is 250 g/mol. The first-order valence-electron chi connectivity index (χ1n) is 7.66. The lowest BCUT2D eigenvalue weighted by molar-refractivity contribution is -0.133. The number of hydrogen-bond acceptors (Lipinski definition) is 2. The van der Waals surface area contributed by atoms with Crippen molar-refractivity contribution in [3.05, 3.63) is 35.9 Å². The fraction of sp³-hybridized carbons (Fsp3) is 0.588. The van der Waals surface area contributed by atoms with E-state index in [1.807, 2.05) is 30.0 Å². The fourth-order valence-electron chi connectivity index (χ4n) is 2.88. The second kappa shape index (κ2) is 7.44. The SMILES string of the molecule is CC(O)C1CCCN(C(=O)CCCc2ccccc2)C1. The van der Waals surface area contributed by atoms with Gasteiger partial charge >= 0.3 is 0 Å². The molecule has 1 aliphatic rings. The molecule has 2 unspecified atom stereocenters. The zero-order chi connectivity index (χ0) is 14.4. The van der Waals surface area contributed by atoms with E-state index in [2.05, 4.69) is 12.1 Å². The summed E-state index contributed by atoms with van der Waals surface area (Å²) >= 11 is 0. The molecule has 1 heterocycles. The van der Waals surface area contributed by atoms with Crippen LogP contribution in [0.15, 0.2) is 30.3 Å². The molecule has 0 spiro atoms. The maximum Gasteiger partial charge on any atom is 0.222 e. The standard InChI is InChI=1S/C17H25NO2/c1-14(19)16-10-6-12-18(13-16)17(20)11-5-9-15-7-3-2-4-8-15/h2-4,7-8,14,16,19H,5-6,9-13H2,1H3. The summed E-state index contributed by atoms with van der Waals surface area (Å²) in [6.07, 6.45) is 4.21. The number of nitrogens with zero attached hydrogens (tertiary/aromatic N) is 1. The van der Waals surface area contributed by atoms with E-state index in [1.165, 1.54) is 5.56 Å². The van der Waals surface area contributed by atoms with Crippen molar-refractivity contribution in [1.29, 1.82) is 0 Å². The van der Waals surface area contributed by atoms with E-state index >= 15 is 0 Å². The normalized spacial score (nSPS) is 20.7. The summed E-state index contributed by atoms with van der Waals surface area (Å²) in [5, 5.41) is 9.66. The topological polar surface area (TPSA) is 40.5 Å². The summed E-state index contributed by atoms with van der Waals surface area (Å²) in [7, 11) is 0. The second-order valence-corrected chi connectivity index (χ2v) is 5.82. The van der Waals surface area contributed by atoms with Gasteiger partial charge in [-0.25, -0.2) is 0 Å². The minimum Gasteiger partial charge on any atom is -0.393 e. The first-order valence-corrected chi connectivity index (χ1v) is 7.66. The van der Waals surface area contributed by atoms with Crippen LogP contribution < -0.4 is 0 Å². The molecule has 20 heavy (non-hydrogen) atoms. The second-order valence-electron chi connectivity index (χ2n) is 5.82. The fourth-order valence-corrected chi connectivity index (χ4v) is 2.88. The van der Waals surface area contributed by atoms with E-state index < -0.39 is 0 Å². The average molecular weight is 275 g/mol. The average Bonchev–Trinajstić information content (AvgIpc) is 2.48. The maximum atomic E-state index is 12.2. The third kappa shape index (κ3) is 4.34. The molecule has 0 radical (unpaired) electrons. The van der Waals surface area contributed by atoms with Crippen LogP contribution in [-0.4, -0.2) is 35.1 Å². The number of likely N-dealkylation sites (tertiary alicyclic amines) is 1. The quantitative estimate of drug-likeness (QED) is 0.897. The summed E-state index contributed by atoms with van der Waals surface area (Å²) in [5.41, 5.74) is 1.29. The smallest absolute Gasteiger partial charge is 0.222 e. The molecule has 2 atom stereocenters. The van der Waals surface area contributed by atoms with Gasteiger partial charge < -0.3 is 10.0 Å². The highest BCUT2D eigenvalue weighted by Crippen LogP contribution is 2.20. The van der Waals surface area contributed by atoms with Gasteiger partial charge in [0.05, 0.1) is 6.10 Å². The van der Waals surface area contributed by atoms with Crippen LogP contribution in [0.25, 0.3) is 0 Å². The van der Waals surface area contributed by atoms with Crippen LogP contribution in [0.5, 0.6) is 0 Å². The van der Waals surface area contributed by atoms with Gasteiger partial charge in [-0.2, -0.15) is 0 Å². The number of carbonyl (C=O) groups excluding carboxylic acids is 1. The van der Waals surface area contributed by atoms with Crippen molar-refractivity contribution < 1.29 is 9.90 Å². The first-order chi connectivity index (χ1) is 9.66. The molecule has 3 heteroatoms. The third-order valence-electron chi connectivity index (χ3n) is 4.19. The lowest BCUT2D eigenvalue weighted by Crippen LogP contribution is -2.42. The summed E-state index contributed by atoms with van der Waals surface area (Å²) in [4.78, 5) is 14.1. The summed E-state index contributed by atoms with van der Waals surface area (Å²) in [5.74, 6) is 0.494. The summed E-state index contributed by atoms with van der Waals surface area (Å²) < 4.78 is 0. The van der Waals surface area contributed by atoms with E-state index in [9.17, 15) is 9.90 Å². The molecule has 1 aromatic carbocycles. The Morgan fingerprint density at radius 3 is 2.85 bits per heavy atom. The highest BCUT2D eigenvalue weighted by molar-refractivity contribution is 5.76. The number of rotatable bonds is 5. The lowest BCUT2D eigenvalue weighted by Gasteiger charge is -2.34. The molecule has 3 nitrogen and oxygen atoms in total. The van der Waals surface area contributed by atoms with E-state index in [0.717, 1.165) is 38.8 Å². The number of carbonyl (C=O) groups is 1. The van der Waals surface area contributed by atoms with Gasteiger partial charge in [0.1, 0.15) is 0 Å². The van der Waals surface area contributed by atoms with Crippen molar-refractivity contribution >= 4 is 5.91 Å². The molecule has 0 bridgehead atoms. The van der Waals surface area contributed by atoms with Gasteiger partial charge in [0, 0.05) is 25.4 Å².